The fraction of sp³-hybridized carbons (Fsp3) is 0.611. The Morgan fingerprint density at radius 1 is 1.29 bits per heavy atom. The van der Waals surface area contributed by atoms with Crippen LogP contribution in [0.2, 0.25) is 0 Å². The summed E-state index contributed by atoms with van der Waals surface area (Å²) >= 11 is 0. The minimum absolute atomic E-state index is 0.121. The molecule has 0 aliphatic carbocycles. The van der Waals surface area contributed by atoms with Gasteiger partial charge in [0.2, 0.25) is 0 Å². The molecule has 0 saturated carbocycles. The van der Waals surface area contributed by atoms with E-state index < -0.39 is 0 Å². The lowest BCUT2D eigenvalue weighted by Crippen LogP contribution is -2.18. The van der Waals surface area contributed by atoms with E-state index in [1.165, 1.54) is 0 Å². The summed E-state index contributed by atoms with van der Waals surface area (Å²) in [5.41, 5.74) is 9.88. The average molecular weight is 333 g/mol. The maximum absolute atomic E-state index is 11.4. The van der Waals surface area contributed by atoms with Gasteiger partial charge in [-0.1, -0.05) is 42.4 Å². The van der Waals surface area contributed by atoms with Crippen LogP contribution >= 0.6 is 0 Å². The van der Waals surface area contributed by atoms with Crippen molar-refractivity contribution >= 4 is 5.97 Å². The van der Waals surface area contributed by atoms with Crippen molar-refractivity contribution in [1.29, 1.82) is 0 Å². The lowest BCUT2D eigenvalue weighted by molar-refractivity contribution is -0.143. The summed E-state index contributed by atoms with van der Waals surface area (Å²) in [5, 5.41) is 3.88. The SMILES string of the molecule is CCOC(=O)CC[C@@H](C)[C@H](CCCOCc1ccccc1)N=[N+]=[N-]. The highest BCUT2D eigenvalue weighted by molar-refractivity contribution is 5.69. The molecule has 1 aromatic rings. The van der Waals surface area contributed by atoms with E-state index in [0.29, 0.717) is 32.7 Å². The van der Waals surface area contributed by atoms with Gasteiger partial charge in [-0.25, -0.2) is 0 Å². The summed E-state index contributed by atoms with van der Waals surface area (Å²) in [6.45, 7) is 5.40. The lowest BCUT2D eigenvalue weighted by atomic mass is 9.94. The van der Waals surface area contributed by atoms with Crippen LogP contribution in [-0.4, -0.2) is 25.2 Å². The van der Waals surface area contributed by atoms with E-state index in [1.807, 2.05) is 37.3 Å². The first kappa shape index (κ1) is 20.0. The van der Waals surface area contributed by atoms with Crippen molar-refractivity contribution in [3.63, 3.8) is 0 Å². The van der Waals surface area contributed by atoms with Gasteiger partial charge in [-0.2, -0.15) is 0 Å². The van der Waals surface area contributed by atoms with Crippen LogP contribution in [0.3, 0.4) is 0 Å². The van der Waals surface area contributed by atoms with Gasteiger partial charge in [-0.3, -0.25) is 4.79 Å². The summed E-state index contributed by atoms with van der Waals surface area (Å²) in [5.74, 6) is -0.0605. The third-order valence-corrected chi connectivity index (χ3v) is 3.87. The molecular weight excluding hydrogens is 306 g/mol. The first-order valence-corrected chi connectivity index (χ1v) is 8.48. The Kier molecular flexibility index (Phi) is 10.3. The minimum Gasteiger partial charge on any atom is -0.466 e. The highest BCUT2D eigenvalue weighted by atomic mass is 16.5. The normalized spacial score (nSPS) is 12.9. The molecule has 1 aromatic carbocycles. The highest BCUT2D eigenvalue weighted by Gasteiger charge is 2.17. The summed E-state index contributed by atoms with van der Waals surface area (Å²) < 4.78 is 10.6. The minimum atomic E-state index is -0.199. The number of benzene rings is 1. The second-order valence-corrected chi connectivity index (χ2v) is 5.77. The predicted molar refractivity (Wildman–Crippen MR) is 93.3 cm³/mol. The molecule has 0 unspecified atom stereocenters. The van der Waals surface area contributed by atoms with Crippen LogP contribution in [0.15, 0.2) is 35.4 Å². The molecule has 0 N–H and O–H groups in total. The van der Waals surface area contributed by atoms with Crippen LogP contribution in [-0.2, 0) is 20.9 Å². The molecule has 0 aromatic heterocycles. The number of esters is 1. The molecule has 0 aliphatic heterocycles. The van der Waals surface area contributed by atoms with Gasteiger partial charge in [-0.05, 0) is 43.2 Å². The number of carbonyl (C=O) groups is 1. The quantitative estimate of drug-likeness (QED) is 0.183. The zero-order chi connectivity index (χ0) is 17.6. The van der Waals surface area contributed by atoms with E-state index in [2.05, 4.69) is 10.0 Å². The second kappa shape index (κ2) is 12.4. The Hall–Kier alpha value is -2.04. The average Bonchev–Trinajstić information content (AvgIpc) is 2.59. The van der Waals surface area contributed by atoms with Gasteiger partial charge in [0.15, 0.2) is 0 Å². The standard InChI is InChI=1S/C18H27N3O3/c1-3-24-18(22)12-11-15(2)17(20-21-19)10-7-13-23-14-16-8-5-4-6-9-16/h4-6,8-9,15,17H,3,7,10-14H2,1-2H3/t15-,17+/m1/s1. The largest absolute Gasteiger partial charge is 0.466 e. The third kappa shape index (κ3) is 8.56. The van der Waals surface area contributed by atoms with Crippen molar-refractivity contribution in [2.45, 2.75) is 52.2 Å². The van der Waals surface area contributed by atoms with Crippen molar-refractivity contribution in [2.75, 3.05) is 13.2 Å². The molecule has 0 fully saturated rings. The van der Waals surface area contributed by atoms with Gasteiger partial charge in [0, 0.05) is 24.0 Å². The molecule has 0 bridgehead atoms. The zero-order valence-electron chi connectivity index (χ0n) is 14.6. The molecule has 132 valence electrons. The van der Waals surface area contributed by atoms with Crippen LogP contribution in [0, 0.1) is 5.92 Å². The van der Waals surface area contributed by atoms with Crippen LogP contribution in [0.1, 0.15) is 45.1 Å². The third-order valence-electron chi connectivity index (χ3n) is 3.87. The molecule has 0 aliphatic rings. The first-order valence-electron chi connectivity index (χ1n) is 8.48. The zero-order valence-corrected chi connectivity index (χ0v) is 14.6. The summed E-state index contributed by atoms with van der Waals surface area (Å²) in [4.78, 5) is 14.4. The van der Waals surface area contributed by atoms with Crippen molar-refractivity contribution in [2.24, 2.45) is 11.0 Å². The van der Waals surface area contributed by atoms with Crippen LogP contribution in [0.5, 0.6) is 0 Å². The Bertz CT molecular complexity index is 516. The molecule has 0 saturated heterocycles. The topological polar surface area (TPSA) is 84.3 Å². The maximum atomic E-state index is 11.4. The number of hydrogen-bond acceptors (Lipinski definition) is 4. The molecular formula is C18H27N3O3. The van der Waals surface area contributed by atoms with Crippen LogP contribution in [0.25, 0.3) is 10.4 Å². The number of carbonyl (C=O) groups excluding carboxylic acids is 1. The Labute approximate surface area is 143 Å². The summed E-state index contributed by atoms with van der Waals surface area (Å²) in [7, 11) is 0. The predicted octanol–water partition coefficient (Wildman–Crippen LogP) is 4.64. The van der Waals surface area contributed by atoms with Crippen LogP contribution in [0.4, 0.5) is 0 Å². The second-order valence-electron chi connectivity index (χ2n) is 5.77. The van der Waals surface area contributed by atoms with Crippen molar-refractivity contribution in [3.8, 4) is 0 Å². The number of azide groups is 1. The van der Waals surface area contributed by atoms with E-state index in [-0.39, 0.29) is 17.9 Å². The van der Waals surface area contributed by atoms with Crippen molar-refractivity contribution < 1.29 is 14.3 Å². The molecule has 0 amide bonds. The Morgan fingerprint density at radius 2 is 2.04 bits per heavy atom. The van der Waals surface area contributed by atoms with E-state index in [9.17, 15) is 4.79 Å². The van der Waals surface area contributed by atoms with Crippen molar-refractivity contribution in [3.05, 3.63) is 46.3 Å². The Balaban J connectivity index is 2.26. The number of nitrogens with zero attached hydrogens (tertiary/aromatic N) is 3. The van der Waals surface area contributed by atoms with Gasteiger partial charge in [0.1, 0.15) is 0 Å². The molecule has 0 spiro atoms. The van der Waals surface area contributed by atoms with Gasteiger partial charge in [0.25, 0.3) is 0 Å². The molecule has 6 heteroatoms. The number of hydrogen-bond donors (Lipinski definition) is 0. The molecule has 0 radical (unpaired) electrons. The summed E-state index contributed by atoms with van der Waals surface area (Å²) in [6.07, 6.45) is 2.59. The highest BCUT2D eigenvalue weighted by Crippen LogP contribution is 2.19. The molecule has 1 rings (SSSR count). The first-order chi connectivity index (χ1) is 11.7. The van der Waals surface area contributed by atoms with Gasteiger partial charge >= 0.3 is 5.97 Å². The Morgan fingerprint density at radius 3 is 2.71 bits per heavy atom. The molecule has 0 heterocycles. The van der Waals surface area contributed by atoms with E-state index in [0.717, 1.165) is 18.4 Å². The smallest absolute Gasteiger partial charge is 0.305 e. The number of ether oxygens (including phenoxy) is 2. The van der Waals surface area contributed by atoms with Gasteiger partial charge in [-0.15, -0.1) is 0 Å². The fourth-order valence-corrected chi connectivity index (χ4v) is 2.45. The molecule has 24 heavy (non-hydrogen) atoms. The van der Waals surface area contributed by atoms with E-state index >= 15 is 0 Å². The molecule has 2 atom stereocenters. The molecule has 6 nitrogen and oxygen atoms in total. The van der Waals surface area contributed by atoms with Crippen molar-refractivity contribution in [1.82, 2.24) is 0 Å². The lowest BCUT2D eigenvalue weighted by Gasteiger charge is -2.19. The van der Waals surface area contributed by atoms with Gasteiger partial charge < -0.3 is 9.47 Å². The number of rotatable bonds is 12. The fourth-order valence-electron chi connectivity index (χ4n) is 2.45. The van der Waals surface area contributed by atoms with Crippen LogP contribution < -0.4 is 0 Å². The van der Waals surface area contributed by atoms with E-state index in [4.69, 9.17) is 15.0 Å². The van der Waals surface area contributed by atoms with E-state index in [1.54, 1.807) is 6.92 Å². The summed E-state index contributed by atoms with van der Waals surface area (Å²) in [6, 6.07) is 9.89. The maximum Gasteiger partial charge on any atom is 0.305 e. The monoisotopic (exact) mass is 333 g/mol. The van der Waals surface area contributed by atoms with Gasteiger partial charge in [0.05, 0.1) is 13.2 Å².